The lowest BCUT2D eigenvalue weighted by molar-refractivity contribution is 0.554. The second kappa shape index (κ2) is 9.36. The molecule has 0 radical (unpaired) electrons. The summed E-state index contributed by atoms with van der Waals surface area (Å²) >= 11 is 0. The highest BCUT2D eigenvalue weighted by Crippen LogP contribution is 2.30. The van der Waals surface area contributed by atoms with Crippen molar-refractivity contribution in [3.05, 3.63) is 78.2 Å². The molecular formula is C27H28N4O2. The Bertz CT molecular complexity index is 1290. The van der Waals surface area contributed by atoms with E-state index in [2.05, 4.69) is 66.3 Å². The largest absolute Gasteiger partial charge is 0.416 e. The van der Waals surface area contributed by atoms with Crippen LogP contribution < -0.4 is 0 Å². The van der Waals surface area contributed by atoms with Crippen LogP contribution in [0.2, 0.25) is 0 Å². The first-order valence-corrected chi connectivity index (χ1v) is 11.1. The fourth-order valence-electron chi connectivity index (χ4n) is 3.44. The summed E-state index contributed by atoms with van der Waals surface area (Å²) in [4.78, 5) is 0. The van der Waals surface area contributed by atoms with Crippen molar-refractivity contribution in [3.8, 4) is 34.4 Å². The SMILES string of the molecule is C/C=C\C(=C/CC)c1nnc(-c2cccc(-c3nnc(-c4ccc(C(C)(C)C)cc4)o3)c2)o1. The maximum Gasteiger partial charge on any atom is 0.248 e. The predicted octanol–water partition coefficient (Wildman–Crippen LogP) is 7.12. The molecule has 0 saturated carbocycles. The van der Waals surface area contributed by atoms with Crippen LogP contribution in [0.4, 0.5) is 0 Å². The lowest BCUT2D eigenvalue weighted by Gasteiger charge is -2.18. The van der Waals surface area contributed by atoms with E-state index in [9.17, 15) is 0 Å². The van der Waals surface area contributed by atoms with Gasteiger partial charge >= 0.3 is 0 Å². The highest BCUT2D eigenvalue weighted by Gasteiger charge is 2.16. The van der Waals surface area contributed by atoms with Gasteiger partial charge in [-0.1, -0.05) is 64.1 Å². The van der Waals surface area contributed by atoms with Gasteiger partial charge in [-0.25, -0.2) is 0 Å². The lowest BCUT2D eigenvalue weighted by Crippen LogP contribution is -2.10. The van der Waals surface area contributed by atoms with Crippen LogP contribution in [0.3, 0.4) is 0 Å². The molecular weight excluding hydrogens is 412 g/mol. The molecule has 33 heavy (non-hydrogen) atoms. The summed E-state index contributed by atoms with van der Waals surface area (Å²) in [6.45, 7) is 10.6. The maximum absolute atomic E-state index is 5.97. The van der Waals surface area contributed by atoms with E-state index in [0.29, 0.717) is 23.6 Å². The van der Waals surface area contributed by atoms with Crippen LogP contribution >= 0.6 is 0 Å². The zero-order valence-electron chi connectivity index (χ0n) is 19.7. The molecule has 6 heteroatoms. The molecule has 0 N–H and O–H groups in total. The fourth-order valence-corrected chi connectivity index (χ4v) is 3.44. The van der Waals surface area contributed by atoms with Crippen LogP contribution in [0.15, 0.2) is 75.6 Å². The van der Waals surface area contributed by atoms with Gasteiger partial charge in [0.2, 0.25) is 23.6 Å². The standard InChI is InChI=1S/C27H28N4O2/c1-6-9-18(10-7-2)23-28-30-25(32-23)20-11-8-12-21(17-20)26-31-29-24(33-26)19-13-15-22(16-14-19)27(3,4)5/h6,8-17H,7H2,1-5H3/b9-6-,18-10+. The van der Waals surface area contributed by atoms with Crippen LogP contribution in [0.25, 0.3) is 39.9 Å². The molecule has 0 amide bonds. The van der Waals surface area contributed by atoms with E-state index < -0.39 is 0 Å². The molecule has 0 aliphatic heterocycles. The van der Waals surface area contributed by atoms with Crippen molar-refractivity contribution >= 4 is 5.57 Å². The van der Waals surface area contributed by atoms with Gasteiger partial charge in [-0.2, -0.15) is 0 Å². The second-order valence-corrected chi connectivity index (χ2v) is 8.80. The van der Waals surface area contributed by atoms with E-state index in [-0.39, 0.29) is 5.41 Å². The molecule has 0 aliphatic carbocycles. The van der Waals surface area contributed by atoms with Gasteiger partial charge in [0.05, 0.1) is 0 Å². The first-order valence-electron chi connectivity index (χ1n) is 11.1. The Morgan fingerprint density at radius 3 is 2.03 bits per heavy atom. The minimum atomic E-state index is 0.0908. The smallest absolute Gasteiger partial charge is 0.248 e. The zero-order chi connectivity index (χ0) is 23.4. The van der Waals surface area contributed by atoms with Crippen LogP contribution in [-0.2, 0) is 5.41 Å². The number of hydrogen-bond donors (Lipinski definition) is 0. The molecule has 2 aromatic heterocycles. The Hall–Kier alpha value is -3.80. The van der Waals surface area contributed by atoms with Gasteiger partial charge in [0.25, 0.3) is 0 Å². The molecule has 6 nitrogen and oxygen atoms in total. The van der Waals surface area contributed by atoms with Crippen molar-refractivity contribution < 1.29 is 8.83 Å². The highest BCUT2D eigenvalue weighted by molar-refractivity contribution is 5.70. The van der Waals surface area contributed by atoms with E-state index in [4.69, 9.17) is 8.83 Å². The van der Waals surface area contributed by atoms with E-state index in [1.807, 2.05) is 55.5 Å². The maximum atomic E-state index is 5.97. The number of rotatable bonds is 6. The van der Waals surface area contributed by atoms with Gasteiger partial charge in [-0.05, 0) is 54.7 Å². The number of hydrogen-bond acceptors (Lipinski definition) is 6. The number of aromatic nitrogens is 4. The Morgan fingerprint density at radius 2 is 1.42 bits per heavy atom. The predicted molar refractivity (Wildman–Crippen MR) is 130 cm³/mol. The Labute approximate surface area is 194 Å². The molecule has 0 aliphatic rings. The molecule has 0 unspecified atom stereocenters. The molecule has 0 atom stereocenters. The summed E-state index contributed by atoms with van der Waals surface area (Å²) in [5.74, 6) is 1.86. The molecule has 168 valence electrons. The Morgan fingerprint density at radius 1 is 0.818 bits per heavy atom. The van der Waals surface area contributed by atoms with Gasteiger partial charge in [-0.15, -0.1) is 20.4 Å². The molecule has 0 spiro atoms. The van der Waals surface area contributed by atoms with Crippen molar-refractivity contribution in [2.45, 2.75) is 46.5 Å². The Balaban J connectivity index is 1.60. The summed E-state index contributed by atoms with van der Waals surface area (Å²) < 4.78 is 11.9. The first kappa shape index (κ1) is 22.4. The molecule has 2 heterocycles. The van der Waals surface area contributed by atoms with Gasteiger partial charge in [0.1, 0.15) is 0 Å². The summed E-state index contributed by atoms with van der Waals surface area (Å²) in [5, 5.41) is 16.9. The van der Waals surface area contributed by atoms with Gasteiger partial charge in [0.15, 0.2) is 0 Å². The quantitative estimate of drug-likeness (QED) is 0.297. The third kappa shape index (κ3) is 5.00. The van der Waals surface area contributed by atoms with E-state index in [1.165, 1.54) is 5.56 Å². The number of benzene rings is 2. The van der Waals surface area contributed by atoms with Gasteiger partial charge in [0, 0.05) is 22.3 Å². The molecule has 4 aromatic rings. The second-order valence-electron chi connectivity index (χ2n) is 8.80. The molecule has 4 rings (SSSR count). The molecule has 0 bridgehead atoms. The van der Waals surface area contributed by atoms with Crippen molar-refractivity contribution in [2.24, 2.45) is 0 Å². The van der Waals surface area contributed by atoms with Crippen LogP contribution in [-0.4, -0.2) is 20.4 Å². The van der Waals surface area contributed by atoms with Crippen LogP contribution in [0.1, 0.15) is 52.5 Å². The minimum absolute atomic E-state index is 0.0908. The summed E-state index contributed by atoms with van der Waals surface area (Å²) in [7, 11) is 0. The first-order chi connectivity index (χ1) is 15.9. The third-order valence-electron chi connectivity index (χ3n) is 5.22. The Kier molecular flexibility index (Phi) is 6.36. The highest BCUT2D eigenvalue weighted by atomic mass is 16.4. The van der Waals surface area contributed by atoms with Gasteiger partial charge in [-0.3, -0.25) is 0 Å². The van der Waals surface area contributed by atoms with E-state index >= 15 is 0 Å². The monoisotopic (exact) mass is 440 g/mol. The zero-order valence-corrected chi connectivity index (χ0v) is 19.7. The molecule has 2 aromatic carbocycles. The van der Waals surface area contributed by atoms with Gasteiger partial charge < -0.3 is 8.83 Å². The minimum Gasteiger partial charge on any atom is -0.416 e. The average molecular weight is 441 g/mol. The number of allylic oxidation sites excluding steroid dienone is 4. The third-order valence-corrected chi connectivity index (χ3v) is 5.22. The van der Waals surface area contributed by atoms with Crippen molar-refractivity contribution in [2.75, 3.05) is 0 Å². The topological polar surface area (TPSA) is 77.8 Å². The number of nitrogens with zero attached hydrogens (tertiary/aromatic N) is 4. The van der Waals surface area contributed by atoms with Crippen LogP contribution in [0, 0.1) is 0 Å². The summed E-state index contributed by atoms with van der Waals surface area (Å²) in [5.41, 5.74) is 4.72. The fraction of sp³-hybridized carbons (Fsp3) is 0.259. The summed E-state index contributed by atoms with van der Waals surface area (Å²) in [6, 6.07) is 15.9. The summed E-state index contributed by atoms with van der Waals surface area (Å²) in [6.07, 6.45) is 6.86. The van der Waals surface area contributed by atoms with Crippen molar-refractivity contribution in [1.29, 1.82) is 0 Å². The normalized spacial score (nSPS) is 12.6. The van der Waals surface area contributed by atoms with Crippen molar-refractivity contribution in [1.82, 2.24) is 20.4 Å². The van der Waals surface area contributed by atoms with E-state index in [1.54, 1.807) is 0 Å². The molecule has 0 fully saturated rings. The average Bonchev–Trinajstić information content (AvgIpc) is 3.49. The lowest BCUT2D eigenvalue weighted by atomic mass is 9.87. The van der Waals surface area contributed by atoms with Crippen molar-refractivity contribution in [3.63, 3.8) is 0 Å². The molecule has 0 saturated heterocycles. The van der Waals surface area contributed by atoms with Crippen LogP contribution in [0.5, 0.6) is 0 Å². The van der Waals surface area contributed by atoms with E-state index in [0.717, 1.165) is 28.7 Å².